The molecule has 1 saturated heterocycles. The molecule has 5 nitrogen and oxygen atoms in total. The molecule has 0 bridgehead atoms. The molecule has 0 spiro atoms. The van der Waals surface area contributed by atoms with Gasteiger partial charge in [-0.05, 0) is 73.9 Å². The second-order valence-corrected chi connectivity index (χ2v) is 8.70. The van der Waals surface area contributed by atoms with Crippen LogP contribution >= 0.6 is 0 Å². The van der Waals surface area contributed by atoms with Gasteiger partial charge in [-0.15, -0.1) is 0 Å². The lowest BCUT2D eigenvalue weighted by Crippen LogP contribution is -2.38. The molecule has 2 heterocycles. The monoisotopic (exact) mass is 395 g/mol. The van der Waals surface area contributed by atoms with E-state index in [0.29, 0.717) is 11.5 Å². The Balaban J connectivity index is 1.29. The highest BCUT2D eigenvalue weighted by Crippen LogP contribution is 2.31. The zero-order chi connectivity index (χ0) is 20.1. The summed E-state index contributed by atoms with van der Waals surface area (Å²) in [7, 11) is 0. The third kappa shape index (κ3) is 5.41. The van der Waals surface area contributed by atoms with E-state index in [0.717, 1.165) is 11.7 Å². The van der Waals surface area contributed by atoms with Crippen molar-refractivity contribution in [1.29, 1.82) is 0 Å². The van der Waals surface area contributed by atoms with Gasteiger partial charge in [-0.2, -0.15) is 0 Å². The lowest BCUT2D eigenvalue weighted by atomic mass is 9.86. The number of dihydropyridines is 1. The summed E-state index contributed by atoms with van der Waals surface area (Å²) in [6.07, 6.45) is 14.5. The Labute approximate surface area is 174 Å². The number of primary amides is 1. The fourth-order valence-electron chi connectivity index (χ4n) is 4.89. The molecule has 2 aliphatic heterocycles. The number of ether oxygens (including phenoxy) is 1. The standard InChI is InChI=1S/C24H33N3O2/c25-24(28)20-10-13-23(26-15-20)29-22-11-8-19(9-12-22)21-7-4-14-27(17-21)16-18-5-2-1-3-6-18/h8-13,15,18,21,23,26H,1-7,14,16-17H2,(H2,25,28). The summed E-state index contributed by atoms with van der Waals surface area (Å²) in [5.41, 5.74) is 7.14. The maximum atomic E-state index is 11.2. The van der Waals surface area contributed by atoms with Gasteiger partial charge in [0.25, 0.3) is 0 Å². The Morgan fingerprint density at radius 2 is 1.90 bits per heavy atom. The summed E-state index contributed by atoms with van der Waals surface area (Å²) in [5, 5.41) is 3.04. The SMILES string of the molecule is NC(=O)C1=CNC(Oc2ccc(C3CCCN(CC4CCCCC4)C3)cc2)C=C1. The zero-order valence-corrected chi connectivity index (χ0v) is 17.2. The zero-order valence-electron chi connectivity index (χ0n) is 17.2. The molecule has 1 saturated carbocycles. The van der Waals surface area contributed by atoms with E-state index in [1.807, 2.05) is 0 Å². The van der Waals surface area contributed by atoms with Crippen molar-refractivity contribution in [1.82, 2.24) is 10.2 Å². The molecular formula is C24H33N3O2. The predicted molar refractivity (Wildman–Crippen MR) is 115 cm³/mol. The predicted octanol–water partition coefficient (Wildman–Crippen LogP) is 3.68. The number of rotatable bonds is 6. The van der Waals surface area contributed by atoms with Gasteiger partial charge in [0.15, 0.2) is 6.23 Å². The van der Waals surface area contributed by atoms with Crippen LogP contribution in [0.25, 0.3) is 0 Å². The minimum absolute atomic E-state index is 0.287. The quantitative estimate of drug-likeness (QED) is 0.771. The molecule has 3 N–H and O–H groups in total. The number of likely N-dealkylation sites (tertiary alicyclic amines) is 1. The van der Waals surface area contributed by atoms with Crippen molar-refractivity contribution >= 4 is 5.91 Å². The normalized spacial score (nSPS) is 25.9. The van der Waals surface area contributed by atoms with E-state index in [9.17, 15) is 4.79 Å². The number of hydrogen-bond acceptors (Lipinski definition) is 4. The number of hydrogen-bond donors (Lipinski definition) is 2. The molecule has 2 atom stereocenters. The molecule has 4 rings (SSSR count). The van der Waals surface area contributed by atoms with Crippen LogP contribution in [0.15, 0.2) is 48.2 Å². The van der Waals surface area contributed by atoms with E-state index >= 15 is 0 Å². The highest BCUT2D eigenvalue weighted by atomic mass is 16.5. The summed E-state index contributed by atoms with van der Waals surface area (Å²) in [6, 6.07) is 8.53. The number of nitrogens with one attached hydrogen (secondary N) is 1. The second-order valence-electron chi connectivity index (χ2n) is 8.70. The second kappa shape index (κ2) is 9.49. The summed E-state index contributed by atoms with van der Waals surface area (Å²) in [4.78, 5) is 13.9. The molecular weight excluding hydrogens is 362 g/mol. The van der Waals surface area contributed by atoms with Gasteiger partial charge < -0.3 is 20.7 Å². The van der Waals surface area contributed by atoms with E-state index in [-0.39, 0.29) is 6.23 Å². The number of carbonyl (C=O) groups excluding carboxylic acids is 1. The number of benzene rings is 1. The van der Waals surface area contributed by atoms with Gasteiger partial charge >= 0.3 is 0 Å². The molecule has 156 valence electrons. The third-order valence-corrected chi connectivity index (χ3v) is 6.50. The molecule has 3 aliphatic rings. The number of amides is 1. The molecule has 0 aromatic heterocycles. The van der Waals surface area contributed by atoms with Crippen molar-refractivity contribution in [2.24, 2.45) is 11.7 Å². The van der Waals surface area contributed by atoms with Crippen molar-refractivity contribution in [2.75, 3.05) is 19.6 Å². The van der Waals surface area contributed by atoms with Gasteiger partial charge in [-0.25, -0.2) is 0 Å². The topological polar surface area (TPSA) is 67.6 Å². The lowest BCUT2D eigenvalue weighted by molar-refractivity contribution is -0.114. The number of nitrogens with two attached hydrogens (primary N) is 1. The van der Waals surface area contributed by atoms with Gasteiger partial charge in [-0.3, -0.25) is 4.79 Å². The Morgan fingerprint density at radius 1 is 1.10 bits per heavy atom. The molecule has 1 aliphatic carbocycles. The maximum absolute atomic E-state index is 11.2. The van der Waals surface area contributed by atoms with Crippen LogP contribution in [0.1, 0.15) is 56.4 Å². The first-order valence-corrected chi connectivity index (χ1v) is 11.1. The first kappa shape index (κ1) is 20.0. The van der Waals surface area contributed by atoms with Crippen molar-refractivity contribution in [3.05, 3.63) is 53.8 Å². The fourth-order valence-corrected chi connectivity index (χ4v) is 4.89. The molecule has 0 radical (unpaired) electrons. The van der Waals surface area contributed by atoms with E-state index in [2.05, 4.69) is 34.5 Å². The van der Waals surface area contributed by atoms with Crippen LogP contribution in [-0.4, -0.2) is 36.7 Å². The van der Waals surface area contributed by atoms with Crippen molar-refractivity contribution in [3.63, 3.8) is 0 Å². The molecule has 2 fully saturated rings. The number of piperidine rings is 1. The third-order valence-electron chi connectivity index (χ3n) is 6.50. The van der Waals surface area contributed by atoms with Gasteiger partial charge in [0.2, 0.25) is 5.91 Å². The van der Waals surface area contributed by atoms with Crippen LogP contribution in [-0.2, 0) is 4.79 Å². The van der Waals surface area contributed by atoms with Crippen molar-refractivity contribution in [2.45, 2.75) is 57.1 Å². The average Bonchev–Trinajstić information content (AvgIpc) is 2.76. The molecule has 1 amide bonds. The first-order valence-electron chi connectivity index (χ1n) is 11.1. The largest absolute Gasteiger partial charge is 0.467 e. The Morgan fingerprint density at radius 3 is 2.59 bits per heavy atom. The lowest BCUT2D eigenvalue weighted by Gasteiger charge is -2.36. The number of nitrogens with zero attached hydrogens (tertiary/aromatic N) is 1. The molecule has 1 aromatic carbocycles. The van der Waals surface area contributed by atoms with Crippen LogP contribution in [0.5, 0.6) is 5.75 Å². The molecule has 29 heavy (non-hydrogen) atoms. The Bertz CT molecular complexity index is 750. The van der Waals surface area contributed by atoms with Crippen molar-refractivity contribution in [3.8, 4) is 5.75 Å². The number of carbonyl (C=O) groups is 1. The smallest absolute Gasteiger partial charge is 0.250 e. The first-order chi connectivity index (χ1) is 14.2. The summed E-state index contributed by atoms with van der Waals surface area (Å²) >= 11 is 0. The van der Waals surface area contributed by atoms with Crippen LogP contribution in [0.2, 0.25) is 0 Å². The van der Waals surface area contributed by atoms with E-state index in [4.69, 9.17) is 10.5 Å². The Kier molecular flexibility index (Phi) is 6.55. The van der Waals surface area contributed by atoms with Gasteiger partial charge in [0, 0.05) is 19.3 Å². The molecule has 1 aromatic rings. The average molecular weight is 396 g/mol. The van der Waals surface area contributed by atoms with Crippen molar-refractivity contribution < 1.29 is 9.53 Å². The van der Waals surface area contributed by atoms with E-state index < -0.39 is 5.91 Å². The van der Waals surface area contributed by atoms with Gasteiger partial charge in [-0.1, -0.05) is 31.4 Å². The van der Waals surface area contributed by atoms with Crippen LogP contribution < -0.4 is 15.8 Å². The Hall–Kier alpha value is -2.27. The summed E-state index contributed by atoms with van der Waals surface area (Å²) in [5.74, 6) is 1.91. The minimum Gasteiger partial charge on any atom is -0.467 e. The summed E-state index contributed by atoms with van der Waals surface area (Å²) < 4.78 is 5.94. The minimum atomic E-state index is -0.443. The highest BCUT2D eigenvalue weighted by molar-refractivity contribution is 5.94. The van der Waals surface area contributed by atoms with Gasteiger partial charge in [0.1, 0.15) is 5.75 Å². The van der Waals surface area contributed by atoms with Crippen LogP contribution in [0.4, 0.5) is 0 Å². The van der Waals surface area contributed by atoms with E-state index in [1.165, 1.54) is 70.1 Å². The van der Waals surface area contributed by atoms with E-state index in [1.54, 1.807) is 18.4 Å². The van der Waals surface area contributed by atoms with Crippen LogP contribution in [0, 0.1) is 5.92 Å². The van der Waals surface area contributed by atoms with Crippen LogP contribution in [0.3, 0.4) is 0 Å². The maximum Gasteiger partial charge on any atom is 0.250 e. The fraction of sp³-hybridized carbons (Fsp3) is 0.542. The molecule has 5 heteroatoms. The molecule has 2 unspecified atom stereocenters. The summed E-state index contributed by atoms with van der Waals surface area (Å²) in [6.45, 7) is 3.73. The van der Waals surface area contributed by atoms with Gasteiger partial charge in [0.05, 0.1) is 5.57 Å². The highest BCUT2D eigenvalue weighted by Gasteiger charge is 2.24.